The van der Waals surface area contributed by atoms with E-state index in [0.29, 0.717) is 18.3 Å². The number of carbonyl (C=O) groups is 1. The maximum Gasteiger partial charge on any atom is 0.410 e. The van der Waals surface area contributed by atoms with Crippen molar-refractivity contribution in [3.05, 3.63) is 11.8 Å². The van der Waals surface area contributed by atoms with E-state index in [1.54, 1.807) is 4.90 Å². The predicted molar refractivity (Wildman–Crippen MR) is 99.3 cm³/mol. The maximum atomic E-state index is 13.7. The molecule has 3 atom stereocenters. The lowest BCUT2D eigenvalue weighted by Gasteiger charge is -2.36. The molecular formula is C19H28F3N5O. The molecule has 0 radical (unpaired) electrons. The highest BCUT2D eigenvalue weighted by Gasteiger charge is 2.49. The summed E-state index contributed by atoms with van der Waals surface area (Å²) in [7, 11) is 3.92. The standard InChI is InChI=1S/C19H28F3N5O/c1-25(2)11-13-5-3-4-8-26(13)18(28)15-10-17-23-14(12-6-7-12)9-16(19(20,21)22)27(17)24-15/h10,12-14,16,23H,3-9,11H2,1-2H3/t13-,14+,16-/m1/s1. The molecule has 1 amide bonds. The van der Waals surface area contributed by atoms with Crippen LogP contribution >= 0.6 is 0 Å². The number of nitrogens with zero attached hydrogens (tertiary/aromatic N) is 4. The fourth-order valence-corrected chi connectivity index (χ4v) is 4.54. The molecule has 1 aliphatic carbocycles. The molecular weight excluding hydrogens is 371 g/mol. The van der Waals surface area contributed by atoms with Crippen LogP contribution < -0.4 is 5.32 Å². The summed E-state index contributed by atoms with van der Waals surface area (Å²) in [5, 5.41) is 7.34. The van der Waals surface area contributed by atoms with Gasteiger partial charge < -0.3 is 15.1 Å². The van der Waals surface area contributed by atoms with E-state index < -0.39 is 12.2 Å². The summed E-state index contributed by atoms with van der Waals surface area (Å²) in [5.41, 5.74) is 0.110. The smallest absolute Gasteiger partial charge is 0.367 e. The van der Waals surface area contributed by atoms with Crippen molar-refractivity contribution < 1.29 is 18.0 Å². The van der Waals surface area contributed by atoms with Crippen molar-refractivity contribution in [3.8, 4) is 0 Å². The van der Waals surface area contributed by atoms with Crippen molar-refractivity contribution in [1.82, 2.24) is 19.6 Å². The lowest BCUT2D eigenvalue weighted by molar-refractivity contribution is -0.174. The van der Waals surface area contributed by atoms with Crippen LogP contribution in [0.25, 0.3) is 0 Å². The minimum Gasteiger partial charge on any atom is -0.367 e. The minimum absolute atomic E-state index is 0.0244. The Morgan fingerprint density at radius 1 is 1.29 bits per heavy atom. The monoisotopic (exact) mass is 399 g/mol. The summed E-state index contributed by atoms with van der Waals surface area (Å²) in [6.45, 7) is 1.37. The van der Waals surface area contributed by atoms with Crippen molar-refractivity contribution in [2.24, 2.45) is 5.92 Å². The van der Waals surface area contributed by atoms with E-state index in [2.05, 4.69) is 10.4 Å². The van der Waals surface area contributed by atoms with Crippen LogP contribution in [0.15, 0.2) is 6.07 Å². The third kappa shape index (κ3) is 3.86. The molecule has 6 nitrogen and oxygen atoms in total. The Morgan fingerprint density at radius 2 is 2.04 bits per heavy atom. The van der Waals surface area contributed by atoms with Gasteiger partial charge in [0, 0.05) is 31.2 Å². The first-order valence-corrected chi connectivity index (χ1v) is 10.1. The number of amides is 1. The average Bonchev–Trinajstić information content (AvgIpc) is 3.38. The molecule has 28 heavy (non-hydrogen) atoms. The van der Waals surface area contributed by atoms with E-state index in [4.69, 9.17) is 0 Å². The molecule has 0 spiro atoms. The maximum absolute atomic E-state index is 13.7. The first kappa shape index (κ1) is 19.5. The number of nitrogens with one attached hydrogen (secondary N) is 1. The molecule has 1 saturated heterocycles. The number of rotatable bonds is 4. The molecule has 1 saturated carbocycles. The summed E-state index contributed by atoms with van der Waals surface area (Å²) < 4.78 is 42.0. The number of carbonyl (C=O) groups excluding carboxylic acids is 1. The first-order chi connectivity index (χ1) is 13.2. The second-order valence-electron chi connectivity index (χ2n) is 8.65. The molecule has 3 heterocycles. The quantitative estimate of drug-likeness (QED) is 0.845. The Morgan fingerprint density at radius 3 is 2.68 bits per heavy atom. The number of fused-ring (bicyclic) bond motifs is 1. The minimum atomic E-state index is -4.38. The van der Waals surface area contributed by atoms with Crippen LogP contribution in [-0.2, 0) is 0 Å². The van der Waals surface area contributed by atoms with E-state index in [0.717, 1.165) is 43.3 Å². The molecule has 1 aromatic heterocycles. The fraction of sp³-hybridized carbons (Fsp3) is 0.789. The summed E-state index contributed by atoms with van der Waals surface area (Å²) in [6, 6.07) is -0.289. The molecule has 3 aliphatic rings. The van der Waals surface area contributed by atoms with Gasteiger partial charge in [-0.25, -0.2) is 4.68 Å². The van der Waals surface area contributed by atoms with Gasteiger partial charge in [0.05, 0.1) is 0 Å². The van der Waals surface area contributed by atoms with E-state index in [-0.39, 0.29) is 30.1 Å². The van der Waals surface area contributed by atoms with Crippen LogP contribution in [0.5, 0.6) is 0 Å². The Kier molecular flexibility index (Phi) is 5.05. The average molecular weight is 399 g/mol. The van der Waals surface area contributed by atoms with Crippen molar-refractivity contribution in [1.29, 1.82) is 0 Å². The van der Waals surface area contributed by atoms with Crippen molar-refractivity contribution in [2.45, 2.75) is 62.8 Å². The van der Waals surface area contributed by atoms with Crippen molar-refractivity contribution in [3.63, 3.8) is 0 Å². The van der Waals surface area contributed by atoms with Crippen LogP contribution in [0, 0.1) is 5.92 Å². The number of likely N-dealkylation sites (tertiary alicyclic amines) is 1. The number of aromatic nitrogens is 2. The number of alkyl halides is 3. The fourth-order valence-electron chi connectivity index (χ4n) is 4.54. The molecule has 1 N–H and O–H groups in total. The van der Waals surface area contributed by atoms with Gasteiger partial charge >= 0.3 is 6.18 Å². The third-order valence-corrected chi connectivity index (χ3v) is 6.09. The van der Waals surface area contributed by atoms with Crippen LogP contribution in [0.4, 0.5) is 19.0 Å². The lowest BCUT2D eigenvalue weighted by atomic mass is 10.00. The molecule has 2 aliphatic heterocycles. The number of hydrogen-bond donors (Lipinski definition) is 1. The number of likely N-dealkylation sites (N-methyl/N-ethyl adjacent to an activating group) is 1. The molecule has 4 rings (SSSR count). The van der Waals surface area contributed by atoms with Gasteiger partial charge in [-0.05, 0) is 58.5 Å². The molecule has 156 valence electrons. The van der Waals surface area contributed by atoms with Crippen LogP contribution in [-0.4, -0.2) is 70.9 Å². The Labute approximate surface area is 163 Å². The number of piperidine rings is 1. The van der Waals surface area contributed by atoms with Crippen molar-refractivity contribution >= 4 is 11.7 Å². The Bertz CT molecular complexity index is 728. The van der Waals surface area contributed by atoms with E-state index in [1.165, 1.54) is 6.07 Å². The largest absolute Gasteiger partial charge is 0.410 e. The SMILES string of the molecule is CN(C)C[C@H]1CCCCN1C(=O)c1cc2n(n1)[C@@H](C(F)(F)F)C[C@@H](C1CC1)N2. The number of hydrogen-bond acceptors (Lipinski definition) is 4. The highest BCUT2D eigenvalue weighted by Crippen LogP contribution is 2.45. The molecule has 1 aromatic rings. The second-order valence-corrected chi connectivity index (χ2v) is 8.65. The highest BCUT2D eigenvalue weighted by atomic mass is 19.4. The first-order valence-electron chi connectivity index (χ1n) is 10.1. The van der Waals surface area contributed by atoms with Gasteiger partial charge in [0.25, 0.3) is 5.91 Å². The summed E-state index contributed by atoms with van der Waals surface area (Å²) >= 11 is 0. The second kappa shape index (κ2) is 7.24. The third-order valence-electron chi connectivity index (χ3n) is 6.09. The van der Waals surface area contributed by atoms with Crippen LogP contribution in [0.1, 0.15) is 55.1 Å². The summed E-state index contributed by atoms with van der Waals surface area (Å²) in [4.78, 5) is 16.9. The van der Waals surface area contributed by atoms with Gasteiger partial charge in [0.15, 0.2) is 11.7 Å². The number of halogens is 3. The Balaban J connectivity index is 1.60. The van der Waals surface area contributed by atoms with Crippen LogP contribution in [0.2, 0.25) is 0 Å². The van der Waals surface area contributed by atoms with Gasteiger partial charge in [0.2, 0.25) is 0 Å². The zero-order valence-corrected chi connectivity index (χ0v) is 16.4. The van der Waals surface area contributed by atoms with Crippen LogP contribution in [0.3, 0.4) is 0 Å². The molecule has 2 fully saturated rings. The topological polar surface area (TPSA) is 53.4 Å². The summed E-state index contributed by atoms with van der Waals surface area (Å²) in [5.74, 6) is 0.341. The normalized spacial score (nSPS) is 28.2. The predicted octanol–water partition coefficient (Wildman–Crippen LogP) is 3.14. The summed E-state index contributed by atoms with van der Waals surface area (Å²) in [6.07, 6.45) is 0.395. The zero-order chi connectivity index (χ0) is 20.1. The van der Waals surface area contributed by atoms with Gasteiger partial charge in [-0.1, -0.05) is 0 Å². The molecule has 0 bridgehead atoms. The van der Waals surface area contributed by atoms with E-state index in [1.807, 2.05) is 19.0 Å². The van der Waals surface area contributed by atoms with Gasteiger partial charge in [-0.3, -0.25) is 4.79 Å². The Hall–Kier alpha value is -1.77. The van der Waals surface area contributed by atoms with E-state index in [9.17, 15) is 18.0 Å². The lowest BCUT2D eigenvalue weighted by Crippen LogP contribution is -2.48. The van der Waals surface area contributed by atoms with Gasteiger partial charge in [0.1, 0.15) is 5.82 Å². The molecule has 0 unspecified atom stereocenters. The van der Waals surface area contributed by atoms with Crippen molar-refractivity contribution in [2.75, 3.05) is 32.5 Å². The van der Waals surface area contributed by atoms with Gasteiger partial charge in [-0.2, -0.15) is 18.3 Å². The molecule has 0 aromatic carbocycles. The van der Waals surface area contributed by atoms with E-state index >= 15 is 0 Å². The number of anilines is 1. The van der Waals surface area contributed by atoms with Gasteiger partial charge in [-0.15, -0.1) is 0 Å². The zero-order valence-electron chi connectivity index (χ0n) is 16.4. The molecule has 9 heteroatoms. The highest BCUT2D eigenvalue weighted by molar-refractivity contribution is 5.93.